The average molecular weight is 245 g/mol. The molecule has 1 rings (SSSR count). The molecule has 0 aliphatic carbocycles. The number of hydrogen-bond acceptors (Lipinski definition) is 2. The van der Waals surface area contributed by atoms with Crippen molar-refractivity contribution in [1.82, 2.24) is 0 Å². The van der Waals surface area contributed by atoms with Crippen molar-refractivity contribution in [3.8, 4) is 0 Å². The van der Waals surface area contributed by atoms with Crippen LogP contribution in [0.3, 0.4) is 0 Å². The molecule has 4 heteroatoms. The molecule has 0 saturated carbocycles. The number of aliphatic carboxylic acids is 1. The SMILES string of the molecule is C=C(C)C(=O)Nc1ccc(C=C(C)C(=O)O)cc1. The minimum atomic E-state index is -0.949. The molecule has 4 nitrogen and oxygen atoms in total. The lowest BCUT2D eigenvalue weighted by Crippen LogP contribution is -2.11. The van der Waals surface area contributed by atoms with Gasteiger partial charge < -0.3 is 10.4 Å². The smallest absolute Gasteiger partial charge is 0.331 e. The van der Waals surface area contributed by atoms with E-state index in [2.05, 4.69) is 11.9 Å². The van der Waals surface area contributed by atoms with Crippen LogP contribution < -0.4 is 5.32 Å². The molecule has 0 saturated heterocycles. The van der Waals surface area contributed by atoms with Gasteiger partial charge in [0.15, 0.2) is 0 Å². The van der Waals surface area contributed by atoms with Crippen LogP contribution in [0.5, 0.6) is 0 Å². The highest BCUT2D eigenvalue weighted by Gasteiger charge is 2.03. The van der Waals surface area contributed by atoms with Gasteiger partial charge in [0.1, 0.15) is 0 Å². The van der Waals surface area contributed by atoms with Crippen LogP contribution in [0.25, 0.3) is 6.08 Å². The van der Waals surface area contributed by atoms with Gasteiger partial charge in [-0.3, -0.25) is 4.79 Å². The molecule has 0 aromatic heterocycles. The molecule has 94 valence electrons. The third kappa shape index (κ3) is 3.90. The molecule has 18 heavy (non-hydrogen) atoms. The lowest BCUT2D eigenvalue weighted by molar-refractivity contribution is -0.132. The van der Waals surface area contributed by atoms with Crippen LogP contribution in [0.4, 0.5) is 5.69 Å². The van der Waals surface area contributed by atoms with E-state index < -0.39 is 5.97 Å². The zero-order valence-corrected chi connectivity index (χ0v) is 10.4. The number of carboxylic acid groups (broad SMARTS) is 1. The molecule has 0 fully saturated rings. The van der Waals surface area contributed by atoms with Crippen LogP contribution >= 0.6 is 0 Å². The van der Waals surface area contributed by atoms with Gasteiger partial charge in [0.05, 0.1) is 0 Å². The number of carbonyl (C=O) groups excluding carboxylic acids is 1. The van der Waals surface area contributed by atoms with E-state index >= 15 is 0 Å². The van der Waals surface area contributed by atoms with Gasteiger partial charge in [0.25, 0.3) is 5.91 Å². The van der Waals surface area contributed by atoms with Crippen molar-refractivity contribution in [3.05, 3.63) is 47.6 Å². The summed E-state index contributed by atoms with van der Waals surface area (Å²) in [6.45, 7) is 6.70. The Morgan fingerprint density at radius 3 is 2.22 bits per heavy atom. The number of rotatable bonds is 4. The zero-order chi connectivity index (χ0) is 13.7. The fourth-order valence-electron chi connectivity index (χ4n) is 1.21. The van der Waals surface area contributed by atoms with E-state index in [0.717, 1.165) is 5.56 Å². The second-order valence-corrected chi connectivity index (χ2v) is 3.99. The van der Waals surface area contributed by atoms with E-state index in [1.807, 2.05) is 0 Å². The number of hydrogen-bond donors (Lipinski definition) is 2. The van der Waals surface area contributed by atoms with Crippen molar-refractivity contribution in [2.24, 2.45) is 0 Å². The van der Waals surface area contributed by atoms with Crippen LogP contribution in [-0.2, 0) is 9.59 Å². The molecule has 0 atom stereocenters. The molecular weight excluding hydrogens is 230 g/mol. The number of carbonyl (C=O) groups is 2. The Balaban J connectivity index is 2.81. The normalized spacial score (nSPS) is 10.9. The van der Waals surface area contributed by atoms with Gasteiger partial charge in [-0.05, 0) is 37.6 Å². The summed E-state index contributed by atoms with van der Waals surface area (Å²) >= 11 is 0. The largest absolute Gasteiger partial charge is 0.478 e. The summed E-state index contributed by atoms with van der Waals surface area (Å²) in [7, 11) is 0. The molecule has 1 amide bonds. The summed E-state index contributed by atoms with van der Waals surface area (Å²) in [5, 5.41) is 11.4. The van der Waals surface area contributed by atoms with E-state index in [0.29, 0.717) is 11.3 Å². The summed E-state index contributed by atoms with van der Waals surface area (Å²) in [6, 6.07) is 6.89. The third-order valence-electron chi connectivity index (χ3n) is 2.28. The quantitative estimate of drug-likeness (QED) is 0.801. The topological polar surface area (TPSA) is 66.4 Å². The number of anilines is 1. The van der Waals surface area contributed by atoms with Crippen molar-refractivity contribution in [2.45, 2.75) is 13.8 Å². The molecule has 1 aromatic carbocycles. The standard InChI is InChI=1S/C14H15NO3/c1-9(2)13(16)15-12-6-4-11(5-7-12)8-10(3)14(17)18/h4-8H,1H2,2-3H3,(H,15,16)(H,17,18). The van der Waals surface area contributed by atoms with E-state index in [9.17, 15) is 9.59 Å². The second-order valence-electron chi connectivity index (χ2n) is 3.99. The van der Waals surface area contributed by atoms with Gasteiger partial charge in [-0.1, -0.05) is 18.7 Å². The zero-order valence-electron chi connectivity index (χ0n) is 10.4. The average Bonchev–Trinajstić information content (AvgIpc) is 2.31. The van der Waals surface area contributed by atoms with Gasteiger partial charge in [-0.15, -0.1) is 0 Å². The van der Waals surface area contributed by atoms with Crippen LogP contribution in [0.2, 0.25) is 0 Å². The minimum absolute atomic E-state index is 0.236. The van der Waals surface area contributed by atoms with Crippen molar-refractivity contribution in [1.29, 1.82) is 0 Å². The molecule has 0 heterocycles. The predicted octanol–water partition coefficient (Wildman–Crippen LogP) is 2.69. The van der Waals surface area contributed by atoms with E-state index in [1.165, 1.54) is 6.92 Å². The molecule has 1 aromatic rings. The summed E-state index contributed by atoms with van der Waals surface area (Å²) in [5.74, 6) is -1.19. The van der Waals surface area contributed by atoms with Gasteiger partial charge in [0.2, 0.25) is 0 Å². The van der Waals surface area contributed by atoms with Crippen molar-refractivity contribution < 1.29 is 14.7 Å². The lowest BCUT2D eigenvalue weighted by Gasteiger charge is -2.04. The molecular formula is C14H15NO3. The van der Waals surface area contributed by atoms with Gasteiger partial charge in [0, 0.05) is 16.8 Å². The Bertz CT molecular complexity index is 512. The third-order valence-corrected chi connectivity index (χ3v) is 2.28. The fourth-order valence-corrected chi connectivity index (χ4v) is 1.21. The van der Waals surface area contributed by atoms with Gasteiger partial charge in [-0.2, -0.15) is 0 Å². The summed E-state index contributed by atoms with van der Waals surface area (Å²) in [5.41, 5.74) is 2.10. The van der Waals surface area contributed by atoms with E-state index in [-0.39, 0.29) is 11.5 Å². The van der Waals surface area contributed by atoms with Crippen molar-refractivity contribution >= 4 is 23.6 Å². The first-order valence-electron chi connectivity index (χ1n) is 5.38. The van der Waals surface area contributed by atoms with E-state index in [4.69, 9.17) is 5.11 Å². The van der Waals surface area contributed by atoms with Crippen LogP contribution in [0.15, 0.2) is 42.0 Å². The number of carboxylic acids is 1. The first-order chi connectivity index (χ1) is 8.40. The highest BCUT2D eigenvalue weighted by Crippen LogP contribution is 2.13. The first-order valence-corrected chi connectivity index (χ1v) is 5.38. The van der Waals surface area contributed by atoms with Crippen LogP contribution in [0, 0.1) is 0 Å². The maximum Gasteiger partial charge on any atom is 0.331 e. The van der Waals surface area contributed by atoms with Gasteiger partial charge in [-0.25, -0.2) is 4.79 Å². The monoisotopic (exact) mass is 245 g/mol. The summed E-state index contributed by atoms with van der Waals surface area (Å²) in [4.78, 5) is 22.0. The summed E-state index contributed by atoms with van der Waals surface area (Å²) < 4.78 is 0. The highest BCUT2D eigenvalue weighted by molar-refractivity contribution is 6.02. The van der Waals surface area contributed by atoms with Crippen molar-refractivity contribution in [3.63, 3.8) is 0 Å². The Morgan fingerprint density at radius 2 is 1.78 bits per heavy atom. The highest BCUT2D eigenvalue weighted by atomic mass is 16.4. The molecule has 0 radical (unpaired) electrons. The molecule has 0 unspecified atom stereocenters. The van der Waals surface area contributed by atoms with E-state index in [1.54, 1.807) is 37.3 Å². The summed E-state index contributed by atoms with van der Waals surface area (Å²) in [6.07, 6.45) is 1.56. The minimum Gasteiger partial charge on any atom is -0.478 e. The molecule has 0 aliphatic heterocycles. The molecule has 0 bridgehead atoms. The van der Waals surface area contributed by atoms with Crippen LogP contribution in [0.1, 0.15) is 19.4 Å². The number of amides is 1. The number of benzene rings is 1. The first kappa shape index (κ1) is 13.7. The van der Waals surface area contributed by atoms with Crippen LogP contribution in [-0.4, -0.2) is 17.0 Å². The Hall–Kier alpha value is -2.36. The maximum absolute atomic E-state index is 11.4. The fraction of sp³-hybridized carbons (Fsp3) is 0.143. The Kier molecular flexibility index (Phi) is 4.43. The Morgan fingerprint density at radius 1 is 1.22 bits per heavy atom. The predicted molar refractivity (Wildman–Crippen MR) is 71.2 cm³/mol. The molecule has 2 N–H and O–H groups in total. The Labute approximate surface area is 106 Å². The lowest BCUT2D eigenvalue weighted by atomic mass is 10.1. The number of nitrogens with one attached hydrogen (secondary N) is 1. The van der Waals surface area contributed by atoms with Gasteiger partial charge >= 0.3 is 5.97 Å². The molecule has 0 spiro atoms. The van der Waals surface area contributed by atoms with Crippen molar-refractivity contribution in [2.75, 3.05) is 5.32 Å². The molecule has 0 aliphatic rings. The maximum atomic E-state index is 11.4. The second kappa shape index (κ2) is 5.82.